The van der Waals surface area contributed by atoms with Crippen molar-refractivity contribution in [3.63, 3.8) is 0 Å². The van der Waals surface area contributed by atoms with Crippen molar-refractivity contribution in [1.82, 2.24) is 4.98 Å². The number of nitrogens with one attached hydrogen (secondary N) is 1. The topological polar surface area (TPSA) is 123 Å². The number of carbonyl (C=O) groups is 2. The van der Waals surface area contributed by atoms with E-state index in [0.717, 1.165) is 16.9 Å². The van der Waals surface area contributed by atoms with E-state index in [9.17, 15) is 9.59 Å². The third-order valence-electron chi connectivity index (χ3n) is 2.76. The standard InChI is InChI=1S/C14H13N4O2S/c15-12(16)9-4-1-8(2-5-9)3-6-11(19)14-18-10(7-21-14)13(17)20/h1-2,4-7H,3H2,(H3,15,16)(H2,17,20). The Bertz CT molecular complexity index is 691. The Labute approximate surface area is 125 Å². The lowest BCUT2D eigenvalue weighted by Gasteiger charge is -2.02. The summed E-state index contributed by atoms with van der Waals surface area (Å²) < 4.78 is 0. The first-order valence-electron chi connectivity index (χ1n) is 6.03. The molecule has 0 fully saturated rings. The monoisotopic (exact) mass is 301 g/mol. The Balaban J connectivity index is 1.97. The lowest BCUT2D eigenvalue weighted by molar-refractivity contribution is 0.0996. The van der Waals surface area contributed by atoms with Gasteiger partial charge in [-0.15, -0.1) is 11.3 Å². The van der Waals surface area contributed by atoms with E-state index in [2.05, 4.69) is 4.98 Å². The number of carbonyl (C=O) groups excluding carboxylic acids is 2. The number of nitrogen functional groups attached to an aromatic ring is 1. The number of primary amides is 1. The zero-order valence-corrected chi connectivity index (χ0v) is 11.8. The smallest absolute Gasteiger partial charge is 0.268 e. The second kappa shape index (κ2) is 6.27. The van der Waals surface area contributed by atoms with Crippen molar-refractivity contribution in [1.29, 1.82) is 5.41 Å². The highest BCUT2D eigenvalue weighted by atomic mass is 32.1. The molecule has 0 unspecified atom stereocenters. The average Bonchev–Trinajstić information content (AvgIpc) is 2.95. The molecule has 5 N–H and O–H groups in total. The SMILES string of the molecule is N=C(N)c1ccc(C[CH]C(=O)c2nc(C(N)=O)cs2)cc1. The average molecular weight is 301 g/mol. The Morgan fingerprint density at radius 3 is 2.43 bits per heavy atom. The van der Waals surface area contributed by atoms with Crippen molar-refractivity contribution in [2.45, 2.75) is 6.42 Å². The molecule has 2 rings (SSSR count). The predicted molar refractivity (Wildman–Crippen MR) is 80.4 cm³/mol. The van der Waals surface area contributed by atoms with E-state index in [1.54, 1.807) is 24.3 Å². The van der Waals surface area contributed by atoms with Crippen molar-refractivity contribution in [2.24, 2.45) is 11.5 Å². The van der Waals surface area contributed by atoms with Gasteiger partial charge in [0.05, 0.1) is 0 Å². The van der Waals surface area contributed by atoms with Crippen LogP contribution in [0.25, 0.3) is 0 Å². The number of thiazole rings is 1. The van der Waals surface area contributed by atoms with Crippen molar-refractivity contribution in [3.05, 3.63) is 57.9 Å². The number of ketones is 1. The van der Waals surface area contributed by atoms with Crippen molar-refractivity contribution < 1.29 is 9.59 Å². The van der Waals surface area contributed by atoms with Crippen LogP contribution in [-0.4, -0.2) is 22.5 Å². The van der Waals surface area contributed by atoms with Crippen LogP contribution in [-0.2, 0) is 6.42 Å². The number of amides is 1. The number of hydrogen-bond acceptors (Lipinski definition) is 5. The quantitative estimate of drug-likeness (QED) is 0.421. The van der Waals surface area contributed by atoms with E-state index in [0.29, 0.717) is 12.0 Å². The van der Waals surface area contributed by atoms with Gasteiger partial charge in [0.15, 0.2) is 10.8 Å². The minimum atomic E-state index is -0.648. The first kappa shape index (κ1) is 14.9. The number of hydrogen-bond donors (Lipinski definition) is 3. The van der Waals surface area contributed by atoms with Gasteiger partial charge in [0, 0.05) is 17.4 Å². The second-order valence-corrected chi connectivity index (χ2v) is 5.14. The highest BCUT2D eigenvalue weighted by molar-refractivity contribution is 7.12. The molecule has 2 aromatic rings. The lowest BCUT2D eigenvalue weighted by Crippen LogP contribution is -2.12. The largest absolute Gasteiger partial charge is 0.384 e. The first-order valence-corrected chi connectivity index (χ1v) is 6.91. The van der Waals surface area contributed by atoms with Gasteiger partial charge in [-0.2, -0.15) is 0 Å². The maximum atomic E-state index is 11.9. The van der Waals surface area contributed by atoms with E-state index >= 15 is 0 Å². The molecule has 1 aromatic heterocycles. The minimum absolute atomic E-state index is 0.00312. The molecule has 1 amide bonds. The first-order chi connectivity index (χ1) is 9.97. The third kappa shape index (κ3) is 3.73. The highest BCUT2D eigenvalue weighted by Gasteiger charge is 2.14. The van der Waals surface area contributed by atoms with Gasteiger partial charge in [0.1, 0.15) is 11.5 Å². The molecule has 107 valence electrons. The van der Waals surface area contributed by atoms with Gasteiger partial charge in [0.25, 0.3) is 5.91 Å². The molecule has 0 aliphatic carbocycles. The summed E-state index contributed by atoms with van der Waals surface area (Å²) in [6, 6.07) is 7.06. The van der Waals surface area contributed by atoms with Crippen LogP contribution < -0.4 is 11.5 Å². The molecule has 6 nitrogen and oxygen atoms in total. The molecular weight excluding hydrogens is 288 g/mol. The molecule has 0 spiro atoms. The van der Waals surface area contributed by atoms with Crippen LogP contribution >= 0.6 is 11.3 Å². The summed E-state index contributed by atoms with van der Waals surface area (Å²) in [6.07, 6.45) is 1.93. The van der Waals surface area contributed by atoms with Gasteiger partial charge in [-0.1, -0.05) is 24.3 Å². The molecule has 1 aromatic carbocycles. The van der Waals surface area contributed by atoms with Crippen molar-refractivity contribution in [2.75, 3.05) is 0 Å². The Morgan fingerprint density at radius 2 is 1.90 bits per heavy atom. The van der Waals surface area contributed by atoms with E-state index in [1.165, 1.54) is 11.8 Å². The number of Topliss-reactive ketones (excluding diaryl/α,β-unsaturated/α-hetero) is 1. The molecular formula is C14H13N4O2S. The molecule has 0 aliphatic heterocycles. The number of nitrogens with two attached hydrogens (primary N) is 2. The zero-order chi connectivity index (χ0) is 15.4. The fourth-order valence-corrected chi connectivity index (χ4v) is 2.36. The van der Waals surface area contributed by atoms with Crippen LogP contribution in [0.5, 0.6) is 0 Å². The molecule has 1 heterocycles. The van der Waals surface area contributed by atoms with Crippen LogP contribution in [0.2, 0.25) is 0 Å². The summed E-state index contributed by atoms with van der Waals surface area (Å²) in [5.74, 6) is -0.892. The van der Waals surface area contributed by atoms with Gasteiger partial charge in [-0.05, 0) is 12.0 Å². The Kier molecular flexibility index (Phi) is 4.44. The van der Waals surface area contributed by atoms with Gasteiger partial charge >= 0.3 is 0 Å². The minimum Gasteiger partial charge on any atom is -0.384 e. The maximum absolute atomic E-state index is 11.9. The maximum Gasteiger partial charge on any atom is 0.268 e. The van der Waals surface area contributed by atoms with Crippen LogP contribution in [0, 0.1) is 11.8 Å². The molecule has 7 heteroatoms. The summed E-state index contributed by atoms with van der Waals surface area (Å²) >= 11 is 1.09. The molecule has 0 atom stereocenters. The van der Waals surface area contributed by atoms with Crippen molar-refractivity contribution >= 4 is 28.9 Å². The summed E-state index contributed by atoms with van der Waals surface area (Å²) in [4.78, 5) is 26.7. The van der Waals surface area contributed by atoms with Crippen LogP contribution in [0.4, 0.5) is 0 Å². The molecule has 0 saturated carbocycles. The van der Waals surface area contributed by atoms with Gasteiger partial charge in [-0.3, -0.25) is 15.0 Å². The van der Waals surface area contributed by atoms with E-state index in [4.69, 9.17) is 16.9 Å². The third-order valence-corrected chi connectivity index (χ3v) is 3.61. The van der Waals surface area contributed by atoms with E-state index < -0.39 is 5.91 Å². The molecule has 0 aliphatic rings. The number of benzene rings is 1. The fourth-order valence-electron chi connectivity index (χ4n) is 1.62. The summed E-state index contributed by atoms with van der Waals surface area (Å²) in [6.45, 7) is 0. The fraction of sp³-hybridized carbons (Fsp3) is 0.0714. The molecule has 21 heavy (non-hydrogen) atoms. The van der Waals surface area contributed by atoms with E-state index in [1.807, 2.05) is 0 Å². The Morgan fingerprint density at radius 1 is 1.24 bits per heavy atom. The normalized spacial score (nSPS) is 10.3. The Hall–Kier alpha value is -2.54. The summed E-state index contributed by atoms with van der Waals surface area (Å²) in [5, 5.41) is 9.00. The van der Waals surface area contributed by atoms with Crippen molar-refractivity contribution in [3.8, 4) is 0 Å². The second-order valence-electron chi connectivity index (χ2n) is 4.29. The number of aromatic nitrogens is 1. The van der Waals surface area contributed by atoms with Gasteiger partial charge in [0.2, 0.25) is 0 Å². The zero-order valence-electron chi connectivity index (χ0n) is 11.0. The molecule has 0 saturated heterocycles. The summed E-state index contributed by atoms with van der Waals surface area (Å²) in [5.41, 5.74) is 12.1. The predicted octanol–water partition coefficient (Wildman–Crippen LogP) is 1.16. The van der Waals surface area contributed by atoms with Crippen LogP contribution in [0.3, 0.4) is 0 Å². The highest BCUT2D eigenvalue weighted by Crippen LogP contribution is 2.13. The molecule has 1 radical (unpaired) electrons. The summed E-state index contributed by atoms with van der Waals surface area (Å²) in [7, 11) is 0. The van der Waals surface area contributed by atoms with Gasteiger partial charge in [-0.25, -0.2) is 4.98 Å². The van der Waals surface area contributed by atoms with Crippen LogP contribution in [0.1, 0.15) is 31.4 Å². The molecule has 0 bridgehead atoms. The lowest BCUT2D eigenvalue weighted by atomic mass is 10.1. The van der Waals surface area contributed by atoms with Crippen LogP contribution in [0.15, 0.2) is 29.6 Å². The van der Waals surface area contributed by atoms with E-state index in [-0.39, 0.29) is 22.3 Å². The number of amidine groups is 1. The number of rotatable bonds is 6. The number of nitrogens with zero attached hydrogens (tertiary/aromatic N) is 1. The van der Waals surface area contributed by atoms with Gasteiger partial charge < -0.3 is 11.5 Å².